The standard InChI is InChI=1S/C10H11BrClNO/c11-8-2-1-3-9(12)10(8)14-7-4-5-13-6-7/h1-3,7,13H,4-6H2. The summed E-state index contributed by atoms with van der Waals surface area (Å²) < 4.78 is 6.71. The number of para-hydroxylation sites is 1. The first-order valence-electron chi connectivity index (χ1n) is 4.59. The Hall–Kier alpha value is -0.250. The predicted molar refractivity (Wildman–Crippen MR) is 61.1 cm³/mol. The summed E-state index contributed by atoms with van der Waals surface area (Å²) in [5.41, 5.74) is 0. The number of halogens is 2. The SMILES string of the molecule is Clc1cccc(Br)c1OC1CCNC1. The molecule has 0 amide bonds. The van der Waals surface area contributed by atoms with Crippen molar-refractivity contribution in [1.82, 2.24) is 5.32 Å². The lowest BCUT2D eigenvalue weighted by molar-refractivity contribution is 0.222. The van der Waals surface area contributed by atoms with E-state index in [2.05, 4.69) is 21.2 Å². The quantitative estimate of drug-likeness (QED) is 0.897. The lowest BCUT2D eigenvalue weighted by Crippen LogP contribution is -2.19. The predicted octanol–water partition coefficient (Wildman–Crippen LogP) is 2.84. The molecule has 2 rings (SSSR count). The van der Waals surface area contributed by atoms with E-state index in [0.717, 1.165) is 29.7 Å². The molecule has 1 unspecified atom stereocenters. The molecule has 0 saturated carbocycles. The van der Waals surface area contributed by atoms with Crippen LogP contribution in [0, 0.1) is 0 Å². The molecule has 1 heterocycles. The minimum absolute atomic E-state index is 0.242. The monoisotopic (exact) mass is 275 g/mol. The Labute approximate surface area is 96.7 Å². The zero-order valence-corrected chi connectivity index (χ0v) is 9.94. The van der Waals surface area contributed by atoms with Crippen LogP contribution in [0.15, 0.2) is 22.7 Å². The van der Waals surface area contributed by atoms with Gasteiger partial charge in [0.1, 0.15) is 6.10 Å². The van der Waals surface area contributed by atoms with Crippen molar-refractivity contribution in [2.45, 2.75) is 12.5 Å². The molecule has 14 heavy (non-hydrogen) atoms. The van der Waals surface area contributed by atoms with Gasteiger partial charge < -0.3 is 10.1 Å². The van der Waals surface area contributed by atoms with Crippen LogP contribution < -0.4 is 10.1 Å². The summed E-state index contributed by atoms with van der Waals surface area (Å²) in [7, 11) is 0. The molecule has 1 aromatic rings. The molecular formula is C10H11BrClNO. The summed E-state index contributed by atoms with van der Waals surface area (Å²) >= 11 is 9.46. The summed E-state index contributed by atoms with van der Waals surface area (Å²) in [6.07, 6.45) is 1.28. The van der Waals surface area contributed by atoms with Crippen molar-refractivity contribution < 1.29 is 4.74 Å². The van der Waals surface area contributed by atoms with Gasteiger partial charge in [-0.3, -0.25) is 0 Å². The molecule has 2 nitrogen and oxygen atoms in total. The van der Waals surface area contributed by atoms with Gasteiger partial charge in [-0.2, -0.15) is 0 Å². The molecule has 1 aliphatic rings. The van der Waals surface area contributed by atoms with Gasteiger partial charge in [-0.05, 0) is 41.0 Å². The van der Waals surface area contributed by atoms with Gasteiger partial charge in [0.2, 0.25) is 0 Å². The van der Waals surface area contributed by atoms with E-state index in [-0.39, 0.29) is 6.10 Å². The van der Waals surface area contributed by atoms with Crippen molar-refractivity contribution in [3.63, 3.8) is 0 Å². The molecule has 1 aliphatic heterocycles. The molecule has 1 fully saturated rings. The fourth-order valence-corrected chi connectivity index (χ4v) is 2.28. The van der Waals surface area contributed by atoms with Crippen molar-refractivity contribution in [2.75, 3.05) is 13.1 Å². The zero-order chi connectivity index (χ0) is 9.97. The normalized spacial score (nSPS) is 21.1. The van der Waals surface area contributed by atoms with Gasteiger partial charge in [0.15, 0.2) is 5.75 Å². The molecule has 1 N–H and O–H groups in total. The Bertz CT molecular complexity index is 306. The van der Waals surface area contributed by atoms with Crippen molar-refractivity contribution in [3.05, 3.63) is 27.7 Å². The van der Waals surface area contributed by atoms with Crippen LogP contribution in [-0.4, -0.2) is 19.2 Å². The van der Waals surface area contributed by atoms with Crippen molar-refractivity contribution in [3.8, 4) is 5.75 Å². The Kier molecular flexibility index (Phi) is 3.31. The van der Waals surface area contributed by atoms with E-state index in [1.807, 2.05) is 18.2 Å². The summed E-state index contributed by atoms with van der Waals surface area (Å²) in [5.74, 6) is 0.753. The molecule has 0 aliphatic carbocycles. The van der Waals surface area contributed by atoms with Gasteiger partial charge in [0, 0.05) is 6.54 Å². The Morgan fingerprint density at radius 3 is 3.00 bits per heavy atom. The number of hydrogen-bond acceptors (Lipinski definition) is 2. The minimum Gasteiger partial charge on any atom is -0.486 e. The van der Waals surface area contributed by atoms with Crippen LogP contribution >= 0.6 is 27.5 Å². The first kappa shape index (κ1) is 10.3. The second-order valence-electron chi connectivity index (χ2n) is 3.28. The van der Waals surface area contributed by atoms with Crippen molar-refractivity contribution in [1.29, 1.82) is 0 Å². The zero-order valence-electron chi connectivity index (χ0n) is 7.59. The van der Waals surface area contributed by atoms with E-state index in [1.165, 1.54) is 0 Å². The largest absolute Gasteiger partial charge is 0.486 e. The van der Waals surface area contributed by atoms with Crippen molar-refractivity contribution >= 4 is 27.5 Å². The molecule has 0 spiro atoms. The first-order valence-corrected chi connectivity index (χ1v) is 5.76. The maximum absolute atomic E-state index is 6.03. The van der Waals surface area contributed by atoms with Gasteiger partial charge in [0.25, 0.3) is 0 Å². The third-order valence-corrected chi connectivity index (χ3v) is 3.14. The van der Waals surface area contributed by atoms with E-state index in [1.54, 1.807) is 0 Å². The average Bonchev–Trinajstić information content (AvgIpc) is 2.64. The van der Waals surface area contributed by atoms with Gasteiger partial charge in [0.05, 0.1) is 9.50 Å². The number of hydrogen-bond donors (Lipinski definition) is 1. The molecule has 4 heteroatoms. The highest BCUT2D eigenvalue weighted by Gasteiger charge is 2.18. The average molecular weight is 277 g/mol. The second kappa shape index (κ2) is 4.51. The highest BCUT2D eigenvalue weighted by molar-refractivity contribution is 9.10. The Morgan fingerprint density at radius 1 is 1.50 bits per heavy atom. The Morgan fingerprint density at radius 2 is 2.36 bits per heavy atom. The second-order valence-corrected chi connectivity index (χ2v) is 4.54. The number of rotatable bonds is 2. The topological polar surface area (TPSA) is 21.3 Å². The molecule has 0 bridgehead atoms. The van der Waals surface area contributed by atoms with Gasteiger partial charge >= 0.3 is 0 Å². The van der Waals surface area contributed by atoms with Crippen LogP contribution in [0.5, 0.6) is 5.75 Å². The van der Waals surface area contributed by atoms with E-state index in [4.69, 9.17) is 16.3 Å². The van der Waals surface area contributed by atoms with Crippen LogP contribution in [0.1, 0.15) is 6.42 Å². The highest BCUT2D eigenvalue weighted by atomic mass is 79.9. The summed E-state index contributed by atoms with van der Waals surface area (Å²) in [4.78, 5) is 0. The third-order valence-electron chi connectivity index (χ3n) is 2.22. The van der Waals surface area contributed by atoms with Gasteiger partial charge in [-0.1, -0.05) is 17.7 Å². The van der Waals surface area contributed by atoms with Crippen LogP contribution in [-0.2, 0) is 0 Å². The highest BCUT2D eigenvalue weighted by Crippen LogP contribution is 2.33. The van der Waals surface area contributed by atoms with E-state index >= 15 is 0 Å². The molecule has 0 aromatic heterocycles. The lowest BCUT2D eigenvalue weighted by atomic mass is 10.3. The van der Waals surface area contributed by atoms with E-state index in [0.29, 0.717) is 5.02 Å². The van der Waals surface area contributed by atoms with E-state index in [9.17, 15) is 0 Å². The maximum Gasteiger partial charge on any atom is 0.152 e. The van der Waals surface area contributed by atoms with Gasteiger partial charge in [-0.15, -0.1) is 0 Å². The number of benzene rings is 1. The molecule has 1 atom stereocenters. The lowest BCUT2D eigenvalue weighted by Gasteiger charge is -2.14. The molecular weight excluding hydrogens is 265 g/mol. The molecule has 1 saturated heterocycles. The summed E-state index contributed by atoms with van der Waals surface area (Å²) in [6.45, 7) is 1.92. The fourth-order valence-electron chi connectivity index (χ4n) is 1.49. The summed E-state index contributed by atoms with van der Waals surface area (Å²) in [5, 5.41) is 3.91. The van der Waals surface area contributed by atoms with E-state index < -0.39 is 0 Å². The maximum atomic E-state index is 6.03. The summed E-state index contributed by atoms with van der Waals surface area (Å²) in [6, 6.07) is 5.67. The van der Waals surface area contributed by atoms with Crippen LogP contribution in [0.4, 0.5) is 0 Å². The minimum atomic E-state index is 0.242. The van der Waals surface area contributed by atoms with Gasteiger partial charge in [-0.25, -0.2) is 0 Å². The van der Waals surface area contributed by atoms with Crippen molar-refractivity contribution in [2.24, 2.45) is 0 Å². The molecule has 1 aromatic carbocycles. The van der Waals surface area contributed by atoms with Crippen LogP contribution in [0.25, 0.3) is 0 Å². The first-order chi connectivity index (χ1) is 6.77. The number of ether oxygens (including phenoxy) is 1. The third kappa shape index (κ3) is 2.22. The van der Waals surface area contributed by atoms with Crippen LogP contribution in [0.2, 0.25) is 5.02 Å². The smallest absolute Gasteiger partial charge is 0.152 e. The van der Waals surface area contributed by atoms with Crippen LogP contribution in [0.3, 0.4) is 0 Å². The number of nitrogens with one attached hydrogen (secondary N) is 1. The molecule has 0 radical (unpaired) electrons. The fraction of sp³-hybridized carbons (Fsp3) is 0.400. The molecule has 76 valence electrons. The Balaban J connectivity index is 2.14.